The van der Waals surface area contributed by atoms with Gasteiger partial charge in [-0.05, 0) is 43.0 Å². The summed E-state index contributed by atoms with van der Waals surface area (Å²) in [5.74, 6) is -0.865. The summed E-state index contributed by atoms with van der Waals surface area (Å²) in [5.41, 5.74) is 1.22. The zero-order chi connectivity index (χ0) is 20.6. The summed E-state index contributed by atoms with van der Waals surface area (Å²) in [4.78, 5) is 37.3. The van der Waals surface area contributed by atoms with Crippen LogP contribution < -0.4 is 0 Å². The van der Waals surface area contributed by atoms with E-state index in [4.69, 9.17) is 4.74 Å². The monoisotopic (exact) mass is 394 g/mol. The van der Waals surface area contributed by atoms with Crippen LogP contribution in [0.15, 0.2) is 60.7 Å². The predicted molar refractivity (Wildman–Crippen MR) is 108 cm³/mol. The van der Waals surface area contributed by atoms with E-state index in [1.54, 1.807) is 29.2 Å². The number of nitro benzene ring substituents is 1. The van der Waals surface area contributed by atoms with Crippen LogP contribution in [0.2, 0.25) is 0 Å². The molecule has 0 radical (unpaired) electrons. The standard InChI is InChI=1S/C22H22N2O5/c25-20(14-11-17-9-12-19(13-10-17)24(27)28)29-21(18-7-3-1-4-8-18)22(26)23-15-5-2-6-16-23/h1,3-4,7-14,21H,2,5-6,15-16H2/b14-11+/t21-/m0/s1. The maximum atomic E-state index is 13.0. The van der Waals surface area contributed by atoms with E-state index in [9.17, 15) is 19.7 Å². The molecule has 29 heavy (non-hydrogen) atoms. The zero-order valence-electron chi connectivity index (χ0n) is 15.9. The normalized spacial score (nSPS) is 15.1. The third-order valence-electron chi connectivity index (χ3n) is 4.74. The van der Waals surface area contributed by atoms with Gasteiger partial charge in [-0.2, -0.15) is 0 Å². The predicted octanol–water partition coefficient (Wildman–Crippen LogP) is 3.91. The second-order valence-electron chi connectivity index (χ2n) is 6.80. The van der Waals surface area contributed by atoms with Gasteiger partial charge in [-0.25, -0.2) is 4.79 Å². The van der Waals surface area contributed by atoms with E-state index in [1.807, 2.05) is 6.07 Å². The van der Waals surface area contributed by atoms with Gasteiger partial charge in [0.15, 0.2) is 0 Å². The number of ether oxygens (including phenoxy) is 1. The highest BCUT2D eigenvalue weighted by atomic mass is 16.6. The molecule has 7 heteroatoms. The van der Waals surface area contributed by atoms with Gasteiger partial charge in [0, 0.05) is 36.9 Å². The Balaban J connectivity index is 1.72. The largest absolute Gasteiger partial charge is 0.444 e. The second kappa shape index (κ2) is 9.64. The molecule has 0 aromatic heterocycles. The average molecular weight is 394 g/mol. The Hall–Kier alpha value is -3.48. The number of carbonyl (C=O) groups excluding carboxylic acids is 2. The molecule has 0 aliphatic carbocycles. The van der Waals surface area contributed by atoms with Crippen LogP contribution in [0.25, 0.3) is 6.08 Å². The van der Waals surface area contributed by atoms with E-state index in [1.165, 1.54) is 36.4 Å². The third-order valence-corrected chi connectivity index (χ3v) is 4.74. The fourth-order valence-electron chi connectivity index (χ4n) is 3.20. The first kappa shape index (κ1) is 20.3. The molecule has 150 valence electrons. The highest BCUT2D eigenvalue weighted by molar-refractivity contribution is 5.91. The van der Waals surface area contributed by atoms with Gasteiger partial charge in [0.05, 0.1) is 4.92 Å². The lowest BCUT2D eigenvalue weighted by molar-refractivity contribution is -0.384. The van der Waals surface area contributed by atoms with Crippen LogP contribution in [0.4, 0.5) is 5.69 Å². The summed E-state index contributed by atoms with van der Waals surface area (Å²) in [6.45, 7) is 1.33. The number of hydrogen-bond acceptors (Lipinski definition) is 5. The molecule has 1 fully saturated rings. The summed E-state index contributed by atoms with van der Waals surface area (Å²) in [6.07, 6.45) is 4.71. The molecule has 2 aromatic rings. The van der Waals surface area contributed by atoms with Crippen LogP contribution in [0.3, 0.4) is 0 Å². The van der Waals surface area contributed by atoms with E-state index in [2.05, 4.69) is 0 Å². The van der Waals surface area contributed by atoms with E-state index < -0.39 is 17.0 Å². The molecular weight excluding hydrogens is 372 g/mol. The SMILES string of the molecule is O=C(/C=C/c1ccc([N+](=O)[O-])cc1)O[C@H](C(=O)N1CCCCC1)c1ccccc1. The van der Waals surface area contributed by atoms with Gasteiger partial charge in [0.25, 0.3) is 11.6 Å². The number of esters is 1. The summed E-state index contributed by atoms with van der Waals surface area (Å²) >= 11 is 0. The van der Waals surface area contributed by atoms with Gasteiger partial charge >= 0.3 is 5.97 Å². The Bertz CT molecular complexity index is 887. The topological polar surface area (TPSA) is 89.7 Å². The van der Waals surface area contributed by atoms with Crippen molar-refractivity contribution in [2.24, 2.45) is 0 Å². The number of non-ortho nitro benzene ring substituents is 1. The third kappa shape index (κ3) is 5.51. The molecule has 0 saturated carbocycles. The molecule has 1 saturated heterocycles. The van der Waals surface area contributed by atoms with Crippen LogP contribution >= 0.6 is 0 Å². The van der Waals surface area contributed by atoms with Crippen molar-refractivity contribution in [2.75, 3.05) is 13.1 Å². The Morgan fingerprint density at radius 1 is 1.00 bits per heavy atom. The van der Waals surface area contributed by atoms with Gasteiger partial charge in [-0.1, -0.05) is 30.3 Å². The van der Waals surface area contributed by atoms with Crippen LogP contribution in [-0.2, 0) is 14.3 Å². The number of rotatable bonds is 6. The van der Waals surface area contributed by atoms with Gasteiger partial charge < -0.3 is 9.64 Å². The number of amides is 1. The lowest BCUT2D eigenvalue weighted by Crippen LogP contribution is -2.40. The van der Waals surface area contributed by atoms with Crippen molar-refractivity contribution in [1.29, 1.82) is 0 Å². The van der Waals surface area contributed by atoms with Crippen LogP contribution in [-0.4, -0.2) is 34.8 Å². The van der Waals surface area contributed by atoms with Crippen molar-refractivity contribution in [3.8, 4) is 0 Å². The van der Waals surface area contributed by atoms with Crippen molar-refractivity contribution < 1.29 is 19.2 Å². The van der Waals surface area contributed by atoms with E-state index >= 15 is 0 Å². The van der Waals surface area contributed by atoms with E-state index in [0.717, 1.165) is 19.3 Å². The number of benzene rings is 2. The van der Waals surface area contributed by atoms with Crippen molar-refractivity contribution in [2.45, 2.75) is 25.4 Å². The molecule has 2 aromatic carbocycles. The van der Waals surface area contributed by atoms with Crippen molar-refractivity contribution >= 4 is 23.6 Å². The first-order chi connectivity index (χ1) is 14.0. The van der Waals surface area contributed by atoms with Crippen molar-refractivity contribution in [3.63, 3.8) is 0 Å². The van der Waals surface area contributed by atoms with Gasteiger partial charge in [-0.15, -0.1) is 0 Å². The fourth-order valence-corrected chi connectivity index (χ4v) is 3.20. The maximum absolute atomic E-state index is 13.0. The van der Waals surface area contributed by atoms with E-state index in [0.29, 0.717) is 24.2 Å². The minimum atomic E-state index is -0.997. The Morgan fingerprint density at radius 3 is 2.28 bits per heavy atom. The number of hydrogen-bond donors (Lipinski definition) is 0. The van der Waals surface area contributed by atoms with Crippen LogP contribution in [0, 0.1) is 10.1 Å². The molecule has 0 spiro atoms. The van der Waals surface area contributed by atoms with Crippen LogP contribution in [0.1, 0.15) is 36.5 Å². The number of likely N-dealkylation sites (tertiary alicyclic amines) is 1. The minimum absolute atomic E-state index is 0.0269. The zero-order valence-corrected chi connectivity index (χ0v) is 15.9. The fraction of sp³-hybridized carbons (Fsp3) is 0.273. The van der Waals surface area contributed by atoms with Crippen LogP contribution in [0.5, 0.6) is 0 Å². The molecule has 1 atom stereocenters. The highest BCUT2D eigenvalue weighted by Gasteiger charge is 2.29. The van der Waals surface area contributed by atoms with Crippen molar-refractivity contribution in [3.05, 3.63) is 81.9 Å². The summed E-state index contributed by atoms with van der Waals surface area (Å²) < 4.78 is 5.51. The molecule has 1 aliphatic heterocycles. The lowest BCUT2D eigenvalue weighted by Gasteiger charge is -2.30. The Kier molecular flexibility index (Phi) is 6.73. The first-order valence-electron chi connectivity index (χ1n) is 9.51. The van der Waals surface area contributed by atoms with Gasteiger partial charge in [0.2, 0.25) is 6.10 Å². The summed E-state index contributed by atoms with van der Waals surface area (Å²) in [5, 5.41) is 10.7. The van der Waals surface area contributed by atoms with E-state index in [-0.39, 0.29) is 11.6 Å². The lowest BCUT2D eigenvalue weighted by atomic mass is 10.1. The second-order valence-corrected chi connectivity index (χ2v) is 6.80. The molecule has 0 N–H and O–H groups in total. The average Bonchev–Trinajstić information content (AvgIpc) is 2.77. The van der Waals surface area contributed by atoms with Crippen molar-refractivity contribution in [1.82, 2.24) is 4.90 Å². The summed E-state index contributed by atoms with van der Waals surface area (Å²) in [7, 11) is 0. The molecule has 0 bridgehead atoms. The molecule has 1 heterocycles. The molecule has 7 nitrogen and oxygen atoms in total. The number of carbonyl (C=O) groups is 2. The summed E-state index contributed by atoms with van der Waals surface area (Å²) in [6, 6.07) is 14.8. The Labute approximate surface area is 168 Å². The minimum Gasteiger partial charge on any atom is -0.444 e. The van der Waals surface area contributed by atoms with Gasteiger partial charge in [-0.3, -0.25) is 14.9 Å². The molecule has 1 aliphatic rings. The number of piperidine rings is 1. The molecular formula is C22H22N2O5. The quantitative estimate of drug-likeness (QED) is 0.321. The molecule has 1 amide bonds. The molecule has 0 unspecified atom stereocenters. The smallest absolute Gasteiger partial charge is 0.331 e. The molecule has 3 rings (SSSR count). The Morgan fingerprint density at radius 2 is 1.66 bits per heavy atom. The van der Waals surface area contributed by atoms with Gasteiger partial charge in [0.1, 0.15) is 0 Å². The highest BCUT2D eigenvalue weighted by Crippen LogP contribution is 2.23. The maximum Gasteiger partial charge on any atom is 0.331 e. The number of nitrogens with zero attached hydrogens (tertiary/aromatic N) is 2. The first-order valence-corrected chi connectivity index (χ1v) is 9.51. The number of nitro groups is 1.